The zero-order chi connectivity index (χ0) is 15.2. The third-order valence-corrected chi connectivity index (χ3v) is 4.23. The molecule has 4 heteroatoms. The molecule has 2 aromatic rings. The van der Waals surface area contributed by atoms with E-state index in [4.69, 9.17) is 0 Å². The molecule has 2 aromatic carbocycles. The Kier molecular flexibility index (Phi) is 6.15. The smallest absolute Gasteiger partial charge is 0.150 e. The number of carbonyl (C=O) groups is 1. The van der Waals surface area contributed by atoms with E-state index in [1.807, 2.05) is 36.4 Å². The molecule has 0 aliphatic heterocycles. The number of aliphatic hydroxyl groups is 1. The fraction of sp³-hybridized carbons (Fsp3) is 0.235. The molecule has 0 aromatic heterocycles. The van der Waals surface area contributed by atoms with Gasteiger partial charge < -0.3 is 5.11 Å². The second-order valence-electron chi connectivity index (χ2n) is 5.01. The van der Waals surface area contributed by atoms with Crippen LogP contribution in [-0.4, -0.2) is 11.4 Å². The fourth-order valence-corrected chi connectivity index (χ4v) is 2.79. The summed E-state index contributed by atoms with van der Waals surface area (Å²) in [5.41, 5.74) is 1.73. The van der Waals surface area contributed by atoms with Gasteiger partial charge in [-0.05, 0) is 48.6 Å². The average Bonchev–Trinajstić information content (AvgIpc) is 3.32. The minimum Gasteiger partial charge on any atom is -0.388 e. The molecule has 1 aliphatic carbocycles. The molecule has 1 atom stereocenters. The minimum atomic E-state index is -0.248. The van der Waals surface area contributed by atoms with Crippen LogP contribution in [-0.2, 0) is 0 Å². The third kappa shape index (κ3) is 5.38. The third-order valence-electron chi connectivity index (χ3n) is 3.24. The van der Waals surface area contributed by atoms with E-state index >= 15 is 0 Å². The van der Waals surface area contributed by atoms with E-state index in [9.17, 15) is 9.90 Å². The van der Waals surface area contributed by atoms with E-state index < -0.39 is 0 Å². The van der Waals surface area contributed by atoms with Crippen molar-refractivity contribution in [2.45, 2.75) is 18.9 Å². The second-order valence-corrected chi connectivity index (χ2v) is 6.84. The maximum absolute atomic E-state index is 10.1. The van der Waals surface area contributed by atoms with E-state index in [-0.39, 0.29) is 6.10 Å². The van der Waals surface area contributed by atoms with Gasteiger partial charge in [0.1, 0.15) is 6.29 Å². The summed E-state index contributed by atoms with van der Waals surface area (Å²) in [4.78, 5) is 10.1. The van der Waals surface area contributed by atoms with Crippen molar-refractivity contribution in [1.82, 2.24) is 0 Å². The first-order valence-electron chi connectivity index (χ1n) is 6.74. The van der Waals surface area contributed by atoms with Crippen LogP contribution in [0, 0.1) is 5.92 Å². The maximum Gasteiger partial charge on any atom is 0.150 e. The molecule has 110 valence electrons. The van der Waals surface area contributed by atoms with E-state index in [2.05, 4.69) is 31.9 Å². The SMILES string of the molecule is O=Cc1cccc(Br)c1.OC(c1cccc(Br)c1)C1CC1. The van der Waals surface area contributed by atoms with Gasteiger partial charge in [-0.3, -0.25) is 4.79 Å². The Bertz CT molecular complexity index is 609. The van der Waals surface area contributed by atoms with Gasteiger partial charge >= 0.3 is 0 Å². The van der Waals surface area contributed by atoms with Crippen molar-refractivity contribution in [2.24, 2.45) is 5.92 Å². The zero-order valence-corrected chi connectivity index (χ0v) is 14.5. The van der Waals surface area contributed by atoms with Gasteiger partial charge in [-0.25, -0.2) is 0 Å². The Morgan fingerprint density at radius 3 is 2.14 bits per heavy atom. The van der Waals surface area contributed by atoms with Crippen molar-refractivity contribution >= 4 is 38.1 Å². The first-order valence-corrected chi connectivity index (χ1v) is 8.33. The largest absolute Gasteiger partial charge is 0.388 e. The Labute approximate surface area is 141 Å². The molecule has 3 rings (SSSR count). The van der Waals surface area contributed by atoms with Gasteiger partial charge in [-0.1, -0.05) is 56.1 Å². The molecule has 0 amide bonds. The average molecular weight is 412 g/mol. The van der Waals surface area contributed by atoms with Crippen LogP contribution in [0.3, 0.4) is 0 Å². The van der Waals surface area contributed by atoms with Crippen LogP contribution in [0.1, 0.15) is 34.9 Å². The number of rotatable bonds is 3. The van der Waals surface area contributed by atoms with Gasteiger partial charge in [0.2, 0.25) is 0 Å². The zero-order valence-electron chi connectivity index (χ0n) is 11.4. The van der Waals surface area contributed by atoms with Crippen molar-refractivity contribution in [2.75, 3.05) is 0 Å². The van der Waals surface area contributed by atoms with Crippen LogP contribution in [0.25, 0.3) is 0 Å². The second kappa shape index (κ2) is 7.87. The monoisotopic (exact) mass is 410 g/mol. The molecule has 0 spiro atoms. The van der Waals surface area contributed by atoms with Crippen LogP contribution in [0.2, 0.25) is 0 Å². The standard InChI is InChI=1S/C10H11BrO.C7H5BrO/c11-9-3-1-2-8(6-9)10(12)7-4-5-7;8-7-3-1-2-6(4-7)5-9/h1-3,6-7,10,12H,4-5H2;1-5H. The van der Waals surface area contributed by atoms with E-state index in [0.717, 1.165) is 20.8 Å². The Hall–Kier alpha value is -0.970. The lowest BCUT2D eigenvalue weighted by atomic mass is 10.1. The highest BCUT2D eigenvalue weighted by Crippen LogP contribution is 2.41. The van der Waals surface area contributed by atoms with Crippen LogP contribution >= 0.6 is 31.9 Å². The van der Waals surface area contributed by atoms with E-state index in [0.29, 0.717) is 11.5 Å². The summed E-state index contributed by atoms with van der Waals surface area (Å²) < 4.78 is 1.98. The summed E-state index contributed by atoms with van der Waals surface area (Å²) in [6.45, 7) is 0. The van der Waals surface area contributed by atoms with Crippen LogP contribution < -0.4 is 0 Å². The van der Waals surface area contributed by atoms with Crippen molar-refractivity contribution < 1.29 is 9.90 Å². The number of hydrogen-bond donors (Lipinski definition) is 1. The number of halogens is 2. The molecular formula is C17H16Br2O2. The summed E-state index contributed by atoms with van der Waals surface area (Å²) in [7, 11) is 0. The highest BCUT2D eigenvalue weighted by Gasteiger charge is 2.30. The van der Waals surface area contributed by atoms with E-state index in [1.54, 1.807) is 12.1 Å². The Morgan fingerprint density at radius 2 is 1.67 bits per heavy atom. The first-order chi connectivity index (χ1) is 10.1. The normalized spacial score (nSPS) is 14.8. The molecule has 1 saturated carbocycles. The molecule has 0 radical (unpaired) electrons. The summed E-state index contributed by atoms with van der Waals surface area (Å²) in [5.74, 6) is 0.513. The minimum absolute atomic E-state index is 0.248. The molecule has 1 N–H and O–H groups in total. The number of aliphatic hydroxyl groups excluding tert-OH is 1. The van der Waals surface area contributed by atoms with Crippen molar-refractivity contribution in [3.63, 3.8) is 0 Å². The van der Waals surface area contributed by atoms with E-state index in [1.165, 1.54) is 12.8 Å². The molecule has 21 heavy (non-hydrogen) atoms. The number of benzene rings is 2. The predicted molar refractivity (Wildman–Crippen MR) is 91.4 cm³/mol. The molecule has 0 heterocycles. The topological polar surface area (TPSA) is 37.3 Å². The Balaban J connectivity index is 0.000000161. The fourth-order valence-electron chi connectivity index (χ4n) is 1.95. The number of hydrogen-bond acceptors (Lipinski definition) is 2. The highest BCUT2D eigenvalue weighted by atomic mass is 79.9. The maximum atomic E-state index is 10.1. The van der Waals surface area contributed by atoms with Crippen molar-refractivity contribution in [3.8, 4) is 0 Å². The Morgan fingerprint density at radius 1 is 1.05 bits per heavy atom. The molecular weight excluding hydrogens is 396 g/mol. The van der Waals surface area contributed by atoms with Crippen LogP contribution in [0.15, 0.2) is 57.5 Å². The lowest BCUT2D eigenvalue weighted by Gasteiger charge is -2.08. The lowest BCUT2D eigenvalue weighted by molar-refractivity contribution is 0.112. The molecule has 2 nitrogen and oxygen atoms in total. The van der Waals surface area contributed by atoms with Gasteiger partial charge in [0.15, 0.2) is 0 Å². The lowest BCUT2D eigenvalue weighted by Crippen LogP contribution is -1.98. The molecule has 1 fully saturated rings. The van der Waals surface area contributed by atoms with Gasteiger partial charge in [-0.2, -0.15) is 0 Å². The number of carbonyl (C=O) groups excluding carboxylic acids is 1. The molecule has 1 unspecified atom stereocenters. The van der Waals surface area contributed by atoms with Crippen LogP contribution in [0.4, 0.5) is 0 Å². The molecule has 1 aliphatic rings. The van der Waals surface area contributed by atoms with Gasteiger partial charge in [-0.15, -0.1) is 0 Å². The predicted octanol–water partition coefficient (Wildman–Crippen LogP) is 5.15. The summed E-state index contributed by atoms with van der Waals surface area (Å²) in [6.07, 6.45) is 2.93. The van der Waals surface area contributed by atoms with Gasteiger partial charge in [0.25, 0.3) is 0 Å². The summed E-state index contributed by atoms with van der Waals surface area (Å²) in [6, 6.07) is 15.1. The van der Waals surface area contributed by atoms with Gasteiger partial charge in [0, 0.05) is 14.5 Å². The number of aldehydes is 1. The quantitative estimate of drug-likeness (QED) is 0.708. The first kappa shape index (κ1) is 16.4. The van der Waals surface area contributed by atoms with Gasteiger partial charge in [0.05, 0.1) is 6.10 Å². The summed E-state index contributed by atoms with van der Waals surface area (Å²) in [5, 5.41) is 9.76. The van der Waals surface area contributed by atoms with Crippen molar-refractivity contribution in [3.05, 3.63) is 68.6 Å². The summed E-state index contributed by atoms with van der Waals surface area (Å²) >= 11 is 6.63. The van der Waals surface area contributed by atoms with Crippen molar-refractivity contribution in [1.29, 1.82) is 0 Å². The molecule has 0 bridgehead atoms. The molecule has 0 saturated heterocycles. The highest BCUT2D eigenvalue weighted by molar-refractivity contribution is 9.10. The van der Waals surface area contributed by atoms with Crippen LogP contribution in [0.5, 0.6) is 0 Å².